The third kappa shape index (κ3) is 7.61. The Hall–Kier alpha value is -1.54. The Balaban J connectivity index is 1.23. The van der Waals surface area contributed by atoms with Crippen LogP contribution in [0, 0.1) is 50.7 Å². The lowest BCUT2D eigenvalue weighted by molar-refractivity contribution is -0.339. The van der Waals surface area contributed by atoms with E-state index in [1.54, 1.807) is 13.8 Å². The zero-order chi connectivity index (χ0) is 45.0. The third-order valence-electron chi connectivity index (χ3n) is 17.8. The molecule has 2 heterocycles. The second kappa shape index (κ2) is 16.4. The molecule has 7 rings (SSSR count). The molecule has 2 saturated heterocycles. The highest BCUT2D eigenvalue weighted by Crippen LogP contribution is 2.89. The highest BCUT2D eigenvalue weighted by molar-refractivity contribution is 5.67. The standard InChI is InChI=1S/C45H74O16/c1-21(10-11-29(51)41(6,7)55)31-24(49)17-43(9)28-16-26(59-38-34(54)33(53)32(52)27(18-46)60-38)37-40(4,5)30(12-13-45(37)20-44(28,45)15-14-42(31,43)8)61-39-36(58-23(3)48)35(57-22(2)47)25(50)19-56-39/h21,24-39,46,49-55H,10-20H2,1-9H3/t21-,24-,25-,26+,27-,28+,29+,30+,31+,32-,33+,34-,35+,36-,37-,38-,39+,42-,43+,44+,45-/m1/s1. The Morgan fingerprint density at radius 3 is 2.10 bits per heavy atom. The zero-order valence-electron chi connectivity index (χ0n) is 37.4. The lowest BCUT2D eigenvalue weighted by Gasteiger charge is -2.65. The quantitative estimate of drug-likeness (QED) is 0.103. The number of aliphatic hydroxyl groups is 8. The van der Waals surface area contributed by atoms with E-state index in [-0.39, 0.29) is 51.9 Å². The summed E-state index contributed by atoms with van der Waals surface area (Å²) in [6.07, 6.45) is -8.64. The number of carbonyl (C=O) groups is 2. The molecule has 5 aliphatic carbocycles. The minimum absolute atomic E-state index is 0.0587. The molecule has 8 N–H and O–H groups in total. The summed E-state index contributed by atoms with van der Waals surface area (Å²) in [5.74, 6) is -1.47. The normalized spacial score (nSPS) is 50.0. The molecule has 61 heavy (non-hydrogen) atoms. The van der Waals surface area contributed by atoms with Crippen molar-refractivity contribution in [1.82, 2.24) is 0 Å². The molecule has 2 aliphatic heterocycles. The van der Waals surface area contributed by atoms with Crippen LogP contribution in [0.1, 0.15) is 120 Å². The summed E-state index contributed by atoms with van der Waals surface area (Å²) in [7, 11) is 0. The fourth-order valence-corrected chi connectivity index (χ4v) is 14.8. The van der Waals surface area contributed by atoms with Crippen molar-refractivity contribution in [3.8, 4) is 0 Å². The van der Waals surface area contributed by atoms with Crippen molar-refractivity contribution in [1.29, 1.82) is 0 Å². The average molecular weight is 871 g/mol. The number of fused-ring (bicyclic) bond motifs is 2. The highest BCUT2D eigenvalue weighted by atomic mass is 16.7. The van der Waals surface area contributed by atoms with Gasteiger partial charge in [0, 0.05) is 13.8 Å². The first-order chi connectivity index (χ1) is 28.3. The molecule has 0 aromatic heterocycles. The van der Waals surface area contributed by atoms with E-state index in [4.69, 9.17) is 28.4 Å². The SMILES string of the molecule is CC(=O)O[C@@H]1[C@@H](OC(C)=O)[C@H](O[C@H]2CC[C@]34C[C@]35CC[C@]3(C)[C@@H]([C@H](C)CC[C@H](O)C(C)(C)O)[C@H](O)C[C@@]3(C)[C@@H]5C[C@H](O[C@@H]3O[C@H](CO)[C@@H](O)[C@H](O)[C@H]3O)[C@@H]4C2(C)C)OC[C@H]1O. The van der Waals surface area contributed by atoms with Gasteiger partial charge in [-0.15, -0.1) is 0 Å². The van der Waals surface area contributed by atoms with Gasteiger partial charge in [-0.25, -0.2) is 0 Å². The first kappa shape index (κ1) is 47.4. The summed E-state index contributed by atoms with van der Waals surface area (Å²) < 4.78 is 36.8. The maximum atomic E-state index is 12.3. The maximum Gasteiger partial charge on any atom is 0.303 e. The first-order valence-electron chi connectivity index (χ1n) is 22.6. The molecule has 0 aromatic rings. The number of hydrogen-bond donors (Lipinski definition) is 8. The minimum atomic E-state index is -1.64. The van der Waals surface area contributed by atoms with Crippen molar-refractivity contribution in [3.05, 3.63) is 0 Å². The van der Waals surface area contributed by atoms with Crippen molar-refractivity contribution in [2.45, 2.75) is 205 Å². The summed E-state index contributed by atoms with van der Waals surface area (Å²) in [5.41, 5.74) is -2.91. The number of rotatable bonds is 12. The van der Waals surface area contributed by atoms with Crippen LogP contribution >= 0.6 is 0 Å². The molecule has 5 saturated carbocycles. The monoisotopic (exact) mass is 870 g/mol. The predicted molar refractivity (Wildman–Crippen MR) is 215 cm³/mol. The van der Waals surface area contributed by atoms with Crippen molar-refractivity contribution >= 4 is 11.9 Å². The first-order valence-corrected chi connectivity index (χ1v) is 22.6. The molecule has 0 radical (unpaired) electrons. The molecular weight excluding hydrogens is 796 g/mol. The Labute approximate surface area is 359 Å². The molecule has 0 amide bonds. The summed E-state index contributed by atoms with van der Waals surface area (Å²) in [5, 5.41) is 87.0. The Kier molecular flexibility index (Phi) is 12.8. The molecule has 350 valence electrons. The Morgan fingerprint density at radius 1 is 0.820 bits per heavy atom. The summed E-state index contributed by atoms with van der Waals surface area (Å²) in [6.45, 7) is 15.8. The van der Waals surface area contributed by atoms with Crippen LogP contribution in [0.25, 0.3) is 0 Å². The molecule has 21 atom stereocenters. The van der Waals surface area contributed by atoms with Gasteiger partial charge >= 0.3 is 11.9 Å². The van der Waals surface area contributed by atoms with Crippen LogP contribution in [0.4, 0.5) is 0 Å². The largest absolute Gasteiger partial charge is 0.455 e. The molecule has 7 fully saturated rings. The van der Waals surface area contributed by atoms with Crippen molar-refractivity contribution in [2.24, 2.45) is 50.7 Å². The van der Waals surface area contributed by atoms with Crippen molar-refractivity contribution in [2.75, 3.05) is 13.2 Å². The molecule has 2 spiro atoms. The van der Waals surface area contributed by atoms with Crippen molar-refractivity contribution in [3.63, 3.8) is 0 Å². The number of hydrogen-bond acceptors (Lipinski definition) is 16. The number of carbonyl (C=O) groups excluding carboxylic acids is 2. The van der Waals surface area contributed by atoms with E-state index in [0.29, 0.717) is 32.1 Å². The van der Waals surface area contributed by atoms with E-state index in [1.807, 2.05) is 0 Å². The molecule has 0 aromatic carbocycles. The molecule has 0 bridgehead atoms. The van der Waals surface area contributed by atoms with Gasteiger partial charge in [0.15, 0.2) is 24.8 Å². The van der Waals surface area contributed by atoms with Crippen LogP contribution < -0.4 is 0 Å². The van der Waals surface area contributed by atoms with Crippen LogP contribution in [0.3, 0.4) is 0 Å². The summed E-state index contributed by atoms with van der Waals surface area (Å²) >= 11 is 0. The van der Waals surface area contributed by atoms with E-state index in [1.165, 1.54) is 13.8 Å². The van der Waals surface area contributed by atoms with E-state index in [2.05, 4.69) is 34.6 Å². The van der Waals surface area contributed by atoms with E-state index < -0.39 is 109 Å². The van der Waals surface area contributed by atoms with Crippen LogP contribution in [0.15, 0.2) is 0 Å². The fraction of sp³-hybridized carbons (Fsp3) is 0.956. The van der Waals surface area contributed by atoms with Gasteiger partial charge in [-0.05, 0) is 122 Å². The molecule has 0 unspecified atom stereocenters. The van der Waals surface area contributed by atoms with Gasteiger partial charge in [0.2, 0.25) is 0 Å². The smallest absolute Gasteiger partial charge is 0.303 e. The Morgan fingerprint density at radius 2 is 1.48 bits per heavy atom. The average Bonchev–Trinajstić information content (AvgIpc) is 3.76. The van der Waals surface area contributed by atoms with Crippen LogP contribution in [-0.2, 0) is 38.0 Å². The molecular formula is C45H74O16. The lowest BCUT2D eigenvalue weighted by atomic mass is 9.41. The van der Waals surface area contributed by atoms with Crippen molar-refractivity contribution < 1.29 is 78.9 Å². The number of ether oxygens (including phenoxy) is 6. The lowest BCUT2D eigenvalue weighted by Crippen LogP contribution is -2.65. The van der Waals surface area contributed by atoms with Gasteiger partial charge in [0.1, 0.15) is 30.5 Å². The fourth-order valence-electron chi connectivity index (χ4n) is 14.8. The van der Waals surface area contributed by atoms with E-state index in [0.717, 1.165) is 25.7 Å². The summed E-state index contributed by atoms with van der Waals surface area (Å²) in [4.78, 5) is 24.4. The second-order valence-corrected chi connectivity index (χ2v) is 21.9. The number of esters is 2. The van der Waals surface area contributed by atoms with Gasteiger partial charge in [0.05, 0.1) is 43.2 Å². The highest BCUT2D eigenvalue weighted by Gasteiger charge is 2.85. The van der Waals surface area contributed by atoms with Crippen LogP contribution in [0.5, 0.6) is 0 Å². The van der Waals surface area contributed by atoms with Gasteiger partial charge in [0.25, 0.3) is 0 Å². The van der Waals surface area contributed by atoms with E-state index >= 15 is 0 Å². The molecule has 16 heteroatoms. The van der Waals surface area contributed by atoms with Gasteiger partial charge < -0.3 is 69.3 Å². The number of aliphatic hydroxyl groups excluding tert-OH is 7. The van der Waals surface area contributed by atoms with E-state index in [9.17, 15) is 50.4 Å². The van der Waals surface area contributed by atoms with Gasteiger partial charge in [-0.2, -0.15) is 0 Å². The second-order valence-electron chi connectivity index (χ2n) is 21.9. The topological polar surface area (TPSA) is 251 Å². The Bertz CT molecular complexity index is 1620. The summed E-state index contributed by atoms with van der Waals surface area (Å²) in [6, 6.07) is 0. The van der Waals surface area contributed by atoms with Crippen LogP contribution in [-0.4, -0.2) is 151 Å². The maximum absolute atomic E-state index is 12.3. The molecule has 7 aliphatic rings. The minimum Gasteiger partial charge on any atom is -0.455 e. The molecule has 16 nitrogen and oxygen atoms in total. The van der Waals surface area contributed by atoms with Gasteiger partial charge in [-0.3, -0.25) is 9.59 Å². The van der Waals surface area contributed by atoms with Gasteiger partial charge in [-0.1, -0.05) is 34.6 Å². The predicted octanol–water partition coefficient (Wildman–Crippen LogP) is 1.71. The zero-order valence-corrected chi connectivity index (χ0v) is 37.4. The van der Waals surface area contributed by atoms with Crippen LogP contribution in [0.2, 0.25) is 0 Å². The third-order valence-corrected chi connectivity index (χ3v) is 17.8.